The number of anilines is 3. The molecular weight excluding hydrogens is 581 g/mol. The molecule has 0 aliphatic heterocycles. The molecule has 0 fully saturated rings. The van der Waals surface area contributed by atoms with Gasteiger partial charge >= 0.3 is 0 Å². The number of hydrogen-bond donors (Lipinski definition) is 0. The summed E-state index contributed by atoms with van der Waals surface area (Å²) in [7, 11) is 0. The van der Waals surface area contributed by atoms with Crippen LogP contribution in [0.1, 0.15) is 0 Å². The molecule has 2 heteroatoms. The fourth-order valence-corrected chi connectivity index (χ4v) is 7.01. The molecule has 0 atom stereocenters. The minimum atomic E-state index is 1.12. The quantitative estimate of drug-likeness (QED) is 0.181. The first kappa shape index (κ1) is 27.9. The predicted octanol–water partition coefficient (Wildman–Crippen LogP) is 12.7. The highest BCUT2D eigenvalue weighted by molar-refractivity contribution is 6.11. The minimum Gasteiger partial charge on any atom is -0.310 e. The van der Waals surface area contributed by atoms with E-state index >= 15 is 0 Å². The lowest BCUT2D eigenvalue weighted by atomic mass is 9.98. The third-order valence-corrected chi connectivity index (χ3v) is 9.35. The third-order valence-electron chi connectivity index (χ3n) is 9.35. The van der Waals surface area contributed by atoms with E-state index in [2.05, 4.69) is 204 Å². The average Bonchev–Trinajstić information content (AvgIpc) is 3.49. The van der Waals surface area contributed by atoms with Crippen molar-refractivity contribution in [2.75, 3.05) is 4.90 Å². The van der Waals surface area contributed by atoms with Crippen molar-refractivity contribution in [3.63, 3.8) is 0 Å². The standard InChI is InChI=1S/C46H32N2/c1-4-14-39(15-5-1)47(40-16-6-2-7-17-40)42-27-29-44-43-28-26-38(31-45(43)48(46(44)32-42)41-18-8-3-9-19-41)35-22-20-34(21-23-35)37-25-24-33-12-10-11-13-36(33)30-37/h1-32H. The van der Waals surface area contributed by atoms with Crippen molar-refractivity contribution < 1.29 is 0 Å². The van der Waals surface area contributed by atoms with E-state index in [0.29, 0.717) is 0 Å². The van der Waals surface area contributed by atoms with Gasteiger partial charge in [0.15, 0.2) is 0 Å². The molecule has 9 aromatic rings. The van der Waals surface area contributed by atoms with Gasteiger partial charge in [-0.3, -0.25) is 0 Å². The van der Waals surface area contributed by atoms with Gasteiger partial charge in [-0.15, -0.1) is 0 Å². The van der Waals surface area contributed by atoms with Gasteiger partial charge in [0, 0.05) is 33.5 Å². The summed E-state index contributed by atoms with van der Waals surface area (Å²) in [4.78, 5) is 2.33. The van der Waals surface area contributed by atoms with Crippen LogP contribution < -0.4 is 4.90 Å². The van der Waals surface area contributed by atoms with Crippen molar-refractivity contribution in [2.45, 2.75) is 0 Å². The van der Waals surface area contributed by atoms with E-state index in [4.69, 9.17) is 0 Å². The molecule has 1 heterocycles. The van der Waals surface area contributed by atoms with Crippen molar-refractivity contribution >= 4 is 49.6 Å². The van der Waals surface area contributed by atoms with Crippen LogP contribution in [0.25, 0.3) is 60.5 Å². The van der Waals surface area contributed by atoms with Gasteiger partial charge in [0.25, 0.3) is 0 Å². The SMILES string of the molecule is c1ccc(N(c2ccccc2)c2ccc3c4ccc(-c5ccc(-c6ccc7ccccc7c6)cc5)cc4n(-c4ccccc4)c3c2)cc1. The topological polar surface area (TPSA) is 8.17 Å². The summed E-state index contributed by atoms with van der Waals surface area (Å²) in [6, 6.07) is 69.9. The molecule has 48 heavy (non-hydrogen) atoms. The van der Waals surface area contributed by atoms with Crippen LogP contribution >= 0.6 is 0 Å². The molecular formula is C46H32N2. The Morgan fingerprint density at radius 1 is 0.312 bits per heavy atom. The summed E-state index contributed by atoms with van der Waals surface area (Å²) in [5.41, 5.74) is 11.7. The Labute approximate surface area is 280 Å². The number of hydrogen-bond acceptors (Lipinski definition) is 1. The van der Waals surface area contributed by atoms with E-state index in [1.807, 2.05) is 0 Å². The summed E-state index contributed by atoms with van der Waals surface area (Å²) in [5.74, 6) is 0. The fourth-order valence-electron chi connectivity index (χ4n) is 7.01. The summed E-state index contributed by atoms with van der Waals surface area (Å²) >= 11 is 0. The molecule has 0 saturated carbocycles. The van der Waals surface area contributed by atoms with Gasteiger partial charge in [-0.1, -0.05) is 133 Å². The maximum Gasteiger partial charge on any atom is 0.0561 e. The van der Waals surface area contributed by atoms with Crippen LogP contribution in [0, 0.1) is 0 Å². The van der Waals surface area contributed by atoms with Gasteiger partial charge in [-0.2, -0.15) is 0 Å². The van der Waals surface area contributed by atoms with E-state index < -0.39 is 0 Å². The number of aromatic nitrogens is 1. The highest BCUT2D eigenvalue weighted by Gasteiger charge is 2.18. The van der Waals surface area contributed by atoms with Crippen LogP contribution in [0.15, 0.2) is 194 Å². The molecule has 0 radical (unpaired) electrons. The zero-order valence-electron chi connectivity index (χ0n) is 26.4. The summed E-state index contributed by atoms with van der Waals surface area (Å²) in [5, 5.41) is 5.00. The summed E-state index contributed by atoms with van der Waals surface area (Å²) in [6.45, 7) is 0. The third kappa shape index (κ3) is 4.92. The molecule has 0 saturated heterocycles. The van der Waals surface area contributed by atoms with E-state index in [9.17, 15) is 0 Å². The lowest BCUT2D eigenvalue weighted by Crippen LogP contribution is -2.09. The van der Waals surface area contributed by atoms with Crippen molar-refractivity contribution in [3.05, 3.63) is 194 Å². The Morgan fingerprint density at radius 2 is 0.792 bits per heavy atom. The van der Waals surface area contributed by atoms with Crippen molar-refractivity contribution in [2.24, 2.45) is 0 Å². The second-order valence-electron chi connectivity index (χ2n) is 12.3. The molecule has 1 aromatic heterocycles. The van der Waals surface area contributed by atoms with Gasteiger partial charge in [0.2, 0.25) is 0 Å². The van der Waals surface area contributed by atoms with Crippen LogP contribution in [0.4, 0.5) is 17.1 Å². The van der Waals surface area contributed by atoms with E-state index in [-0.39, 0.29) is 0 Å². The van der Waals surface area contributed by atoms with Crippen LogP contribution in [0.2, 0.25) is 0 Å². The predicted molar refractivity (Wildman–Crippen MR) is 204 cm³/mol. The molecule has 0 amide bonds. The maximum absolute atomic E-state index is 2.41. The molecule has 0 N–H and O–H groups in total. The Kier molecular flexibility index (Phi) is 6.84. The zero-order valence-corrected chi connectivity index (χ0v) is 26.4. The number of para-hydroxylation sites is 3. The second-order valence-corrected chi connectivity index (χ2v) is 12.3. The van der Waals surface area contributed by atoms with Crippen LogP contribution in [0.5, 0.6) is 0 Å². The normalized spacial score (nSPS) is 11.3. The number of fused-ring (bicyclic) bond motifs is 4. The molecule has 226 valence electrons. The lowest BCUT2D eigenvalue weighted by Gasteiger charge is -2.25. The molecule has 9 rings (SSSR count). The Bertz CT molecular complexity index is 2490. The zero-order chi connectivity index (χ0) is 31.9. The van der Waals surface area contributed by atoms with Crippen molar-refractivity contribution in [1.29, 1.82) is 0 Å². The smallest absolute Gasteiger partial charge is 0.0561 e. The Hall–Kier alpha value is -6.38. The molecule has 0 bridgehead atoms. The Morgan fingerprint density at radius 3 is 1.44 bits per heavy atom. The van der Waals surface area contributed by atoms with Crippen LogP contribution in [0.3, 0.4) is 0 Å². The first-order valence-corrected chi connectivity index (χ1v) is 16.4. The van der Waals surface area contributed by atoms with E-state index in [1.165, 1.54) is 54.8 Å². The van der Waals surface area contributed by atoms with E-state index in [0.717, 1.165) is 22.7 Å². The number of nitrogens with zero attached hydrogens (tertiary/aromatic N) is 2. The monoisotopic (exact) mass is 612 g/mol. The van der Waals surface area contributed by atoms with Gasteiger partial charge in [-0.25, -0.2) is 0 Å². The van der Waals surface area contributed by atoms with Crippen molar-refractivity contribution in [1.82, 2.24) is 4.57 Å². The van der Waals surface area contributed by atoms with E-state index in [1.54, 1.807) is 0 Å². The summed E-state index contributed by atoms with van der Waals surface area (Å²) < 4.78 is 2.41. The lowest BCUT2D eigenvalue weighted by molar-refractivity contribution is 1.18. The van der Waals surface area contributed by atoms with Gasteiger partial charge < -0.3 is 9.47 Å². The maximum atomic E-state index is 2.41. The van der Waals surface area contributed by atoms with Gasteiger partial charge in [0.1, 0.15) is 0 Å². The van der Waals surface area contributed by atoms with Gasteiger partial charge in [-0.05, 0) is 93.7 Å². The van der Waals surface area contributed by atoms with Crippen LogP contribution in [-0.4, -0.2) is 4.57 Å². The molecule has 2 nitrogen and oxygen atoms in total. The molecule has 0 spiro atoms. The molecule has 8 aromatic carbocycles. The molecule has 0 unspecified atom stereocenters. The summed E-state index contributed by atoms with van der Waals surface area (Å²) in [6.07, 6.45) is 0. The second kappa shape index (κ2) is 11.8. The number of benzene rings is 8. The van der Waals surface area contributed by atoms with Crippen molar-refractivity contribution in [3.8, 4) is 27.9 Å². The average molecular weight is 613 g/mol. The first-order chi connectivity index (χ1) is 23.8. The Balaban J connectivity index is 1.18. The molecule has 0 aliphatic rings. The minimum absolute atomic E-state index is 1.12. The highest BCUT2D eigenvalue weighted by atomic mass is 15.1. The highest BCUT2D eigenvalue weighted by Crippen LogP contribution is 2.40. The largest absolute Gasteiger partial charge is 0.310 e. The molecule has 0 aliphatic carbocycles. The first-order valence-electron chi connectivity index (χ1n) is 16.4. The fraction of sp³-hybridized carbons (Fsp3) is 0. The van der Waals surface area contributed by atoms with Gasteiger partial charge in [0.05, 0.1) is 11.0 Å². The number of rotatable bonds is 6. The van der Waals surface area contributed by atoms with Crippen LogP contribution in [-0.2, 0) is 0 Å².